The lowest BCUT2D eigenvalue weighted by Crippen LogP contribution is -2.56. The maximum absolute atomic E-state index is 12.1. The van der Waals surface area contributed by atoms with E-state index in [4.69, 9.17) is 9.47 Å². The highest BCUT2D eigenvalue weighted by atomic mass is 16.5. The van der Waals surface area contributed by atoms with Gasteiger partial charge in [0.2, 0.25) is 0 Å². The van der Waals surface area contributed by atoms with Crippen LogP contribution in [-0.2, 0) is 20.9 Å². The normalized spacial score (nSPS) is 27.2. The van der Waals surface area contributed by atoms with Crippen LogP contribution in [0.4, 0.5) is 4.79 Å². The van der Waals surface area contributed by atoms with E-state index in [0.29, 0.717) is 12.8 Å². The number of alkyl carbamates (subject to hydrolysis) is 1. The fourth-order valence-electron chi connectivity index (χ4n) is 3.23. The van der Waals surface area contributed by atoms with Crippen LogP contribution in [0.3, 0.4) is 0 Å². The number of rotatable bonds is 5. The Morgan fingerprint density at radius 1 is 1.26 bits per heavy atom. The molecule has 1 fully saturated rings. The van der Waals surface area contributed by atoms with Gasteiger partial charge in [-0.15, -0.1) is 0 Å². The van der Waals surface area contributed by atoms with Crippen molar-refractivity contribution in [2.75, 3.05) is 0 Å². The summed E-state index contributed by atoms with van der Waals surface area (Å²) in [6.45, 7) is 3.91. The lowest BCUT2D eigenvalue weighted by molar-refractivity contribution is -0.141. The minimum Gasteiger partial charge on any atom is -0.481 e. The van der Waals surface area contributed by atoms with Gasteiger partial charge in [0.05, 0.1) is 24.2 Å². The topological polar surface area (TPSA) is 84.9 Å². The average Bonchev–Trinajstić information content (AvgIpc) is 2.44. The average molecular weight is 321 g/mol. The molecule has 1 aromatic carbocycles. The predicted molar refractivity (Wildman–Crippen MR) is 84.0 cm³/mol. The molecule has 0 bridgehead atoms. The third-order valence-electron chi connectivity index (χ3n) is 3.89. The van der Waals surface area contributed by atoms with Gasteiger partial charge in [0.25, 0.3) is 0 Å². The zero-order valence-corrected chi connectivity index (χ0v) is 13.5. The molecule has 2 N–H and O–H groups in total. The molecule has 1 saturated heterocycles. The number of carboxylic acid groups (broad SMARTS) is 1. The molecule has 0 saturated carbocycles. The predicted octanol–water partition coefficient (Wildman–Crippen LogP) is 2.71. The second-order valence-corrected chi connectivity index (χ2v) is 6.20. The van der Waals surface area contributed by atoms with E-state index in [9.17, 15) is 14.7 Å². The maximum Gasteiger partial charge on any atom is 0.407 e. The number of carboxylic acids is 1. The van der Waals surface area contributed by atoms with Crippen molar-refractivity contribution in [1.29, 1.82) is 0 Å². The number of carbonyl (C=O) groups is 2. The number of benzene rings is 1. The number of aliphatic carboxylic acids is 1. The molecule has 2 unspecified atom stereocenters. The zero-order valence-electron chi connectivity index (χ0n) is 13.5. The molecular weight excluding hydrogens is 298 g/mol. The van der Waals surface area contributed by atoms with Gasteiger partial charge in [-0.05, 0) is 32.3 Å². The largest absolute Gasteiger partial charge is 0.481 e. The van der Waals surface area contributed by atoms with Crippen LogP contribution in [0, 0.1) is 0 Å². The highest BCUT2D eigenvalue weighted by Crippen LogP contribution is 2.32. The number of ether oxygens (including phenoxy) is 2. The molecule has 2 rings (SSSR count). The summed E-state index contributed by atoms with van der Waals surface area (Å²) >= 11 is 0. The van der Waals surface area contributed by atoms with Crippen molar-refractivity contribution in [2.45, 2.75) is 57.5 Å². The Morgan fingerprint density at radius 2 is 1.87 bits per heavy atom. The third kappa shape index (κ3) is 5.25. The van der Waals surface area contributed by atoms with E-state index in [-0.39, 0.29) is 25.2 Å². The second kappa shape index (κ2) is 7.46. The lowest BCUT2D eigenvalue weighted by atomic mass is 9.81. The van der Waals surface area contributed by atoms with E-state index in [1.165, 1.54) is 0 Å². The van der Waals surface area contributed by atoms with Crippen LogP contribution < -0.4 is 5.32 Å². The summed E-state index contributed by atoms with van der Waals surface area (Å²) in [5, 5.41) is 12.0. The number of hydrogen-bond donors (Lipinski definition) is 2. The molecule has 1 amide bonds. The first-order chi connectivity index (χ1) is 10.9. The van der Waals surface area contributed by atoms with E-state index in [1.807, 2.05) is 44.2 Å². The minimum atomic E-state index is -0.949. The van der Waals surface area contributed by atoms with Gasteiger partial charge in [0.1, 0.15) is 6.61 Å². The zero-order chi connectivity index (χ0) is 16.9. The molecule has 23 heavy (non-hydrogen) atoms. The van der Waals surface area contributed by atoms with Gasteiger partial charge in [-0.1, -0.05) is 30.3 Å². The van der Waals surface area contributed by atoms with Gasteiger partial charge < -0.3 is 19.9 Å². The smallest absolute Gasteiger partial charge is 0.407 e. The molecule has 126 valence electrons. The summed E-state index contributed by atoms with van der Waals surface area (Å²) in [5.74, 6) is -0.949. The Balaban J connectivity index is 1.99. The summed E-state index contributed by atoms with van der Waals surface area (Å²) in [6, 6.07) is 9.34. The summed E-state index contributed by atoms with van der Waals surface area (Å²) in [4.78, 5) is 23.3. The molecule has 0 radical (unpaired) electrons. The van der Waals surface area contributed by atoms with E-state index in [1.54, 1.807) is 0 Å². The minimum absolute atomic E-state index is 0.118. The van der Waals surface area contributed by atoms with Crippen LogP contribution in [0.1, 0.15) is 38.7 Å². The van der Waals surface area contributed by atoms with Crippen LogP contribution in [0.2, 0.25) is 0 Å². The number of carbonyl (C=O) groups excluding carboxylic acids is 1. The molecule has 0 aliphatic carbocycles. The summed E-state index contributed by atoms with van der Waals surface area (Å²) in [7, 11) is 0. The van der Waals surface area contributed by atoms with Crippen molar-refractivity contribution in [3.63, 3.8) is 0 Å². The highest BCUT2D eigenvalue weighted by Gasteiger charge is 2.42. The number of amides is 1. The van der Waals surface area contributed by atoms with Gasteiger partial charge >= 0.3 is 12.1 Å². The molecule has 6 heteroatoms. The Morgan fingerprint density at radius 3 is 2.43 bits per heavy atom. The van der Waals surface area contributed by atoms with Crippen molar-refractivity contribution in [1.82, 2.24) is 5.32 Å². The standard InChI is InChI=1S/C17H23NO5/c1-12-8-17(10-15(19)20,9-13(2)23-12)18-16(21)22-11-14-6-4-3-5-7-14/h3-7,12-13H,8-11H2,1-2H3,(H,18,21)(H,19,20). The molecule has 0 aromatic heterocycles. The first-order valence-corrected chi connectivity index (χ1v) is 7.75. The van der Waals surface area contributed by atoms with E-state index in [2.05, 4.69) is 5.32 Å². The van der Waals surface area contributed by atoms with Gasteiger partial charge in [0, 0.05) is 0 Å². The van der Waals surface area contributed by atoms with Crippen LogP contribution in [-0.4, -0.2) is 34.9 Å². The van der Waals surface area contributed by atoms with Crippen LogP contribution in [0.5, 0.6) is 0 Å². The third-order valence-corrected chi connectivity index (χ3v) is 3.89. The van der Waals surface area contributed by atoms with Crippen molar-refractivity contribution in [3.05, 3.63) is 35.9 Å². The lowest BCUT2D eigenvalue weighted by Gasteiger charge is -2.42. The molecule has 6 nitrogen and oxygen atoms in total. The van der Waals surface area contributed by atoms with Crippen molar-refractivity contribution >= 4 is 12.1 Å². The molecular formula is C17H23NO5. The molecule has 1 aliphatic heterocycles. The van der Waals surface area contributed by atoms with E-state index < -0.39 is 17.6 Å². The summed E-state index contributed by atoms with van der Waals surface area (Å²) < 4.78 is 10.9. The monoisotopic (exact) mass is 321 g/mol. The summed E-state index contributed by atoms with van der Waals surface area (Å²) in [6.07, 6.45) is -0.0870. The molecule has 1 heterocycles. The van der Waals surface area contributed by atoms with Gasteiger partial charge in [-0.2, -0.15) is 0 Å². The van der Waals surface area contributed by atoms with Crippen LogP contribution in [0.15, 0.2) is 30.3 Å². The highest BCUT2D eigenvalue weighted by molar-refractivity contribution is 5.72. The van der Waals surface area contributed by atoms with E-state index in [0.717, 1.165) is 5.56 Å². The van der Waals surface area contributed by atoms with Crippen molar-refractivity contribution in [3.8, 4) is 0 Å². The Labute approximate surface area is 135 Å². The first kappa shape index (κ1) is 17.3. The number of hydrogen-bond acceptors (Lipinski definition) is 4. The SMILES string of the molecule is CC1CC(CC(=O)O)(NC(=O)OCc2ccccc2)CC(C)O1. The molecule has 2 atom stereocenters. The summed E-state index contributed by atoms with van der Waals surface area (Å²) in [5.41, 5.74) is 0.0418. The quantitative estimate of drug-likeness (QED) is 0.871. The first-order valence-electron chi connectivity index (χ1n) is 7.75. The maximum atomic E-state index is 12.1. The van der Waals surface area contributed by atoms with Crippen molar-refractivity contribution < 1.29 is 24.2 Å². The number of nitrogens with one attached hydrogen (secondary N) is 1. The van der Waals surface area contributed by atoms with E-state index >= 15 is 0 Å². The second-order valence-electron chi connectivity index (χ2n) is 6.20. The fraction of sp³-hybridized carbons (Fsp3) is 0.529. The molecule has 1 aliphatic rings. The van der Waals surface area contributed by atoms with Crippen LogP contribution >= 0.6 is 0 Å². The van der Waals surface area contributed by atoms with Crippen molar-refractivity contribution in [2.24, 2.45) is 0 Å². The fourth-order valence-corrected chi connectivity index (χ4v) is 3.23. The van der Waals surface area contributed by atoms with Gasteiger partial charge in [-0.3, -0.25) is 4.79 Å². The van der Waals surface area contributed by atoms with Gasteiger partial charge in [0.15, 0.2) is 0 Å². The molecule has 0 spiro atoms. The Hall–Kier alpha value is -2.08. The Bertz CT molecular complexity index is 535. The van der Waals surface area contributed by atoms with Crippen LogP contribution in [0.25, 0.3) is 0 Å². The Kier molecular flexibility index (Phi) is 5.60. The molecule has 1 aromatic rings. The van der Waals surface area contributed by atoms with Gasteiger partial charge in [-0.25, -0.2) is 4.79 Å².